The molecule has 1 aromatic heterocycles. The Morgan fingerprint density at radius 1 is 0.895 bits per heavy atom. The molecule has 38 heavy (non-hydrogen) atoms. The monoisotopic (exact) mass is 495 g/mol. The van der Waals surface area contributed by atoms with Crippen LogP contribution in [0, 0.1) is 11.8 Å². The van der Waals surface area contributed by atoms with E-state index in [-0.39, 0.29) is 12.5 Å². The number of hydrogen-bond donors (Lipinski definition) is 1. The van der Waals surface area contributed by atoms with E-state index in [0.29, 0.717) is 6.42 Å². The summed E-state index contributed by atoms with van der Waals surface area (Å²) in [6, 6.07) is 34.0. The maximum Gasteiger partial charge on any atom is 0.253 e. The Labute approximate surface area is 221 Å². The van der Waals surface area contributed by atoms with E-state index in [1.807, 2.05) is 97.9 Å². The first-order chi connectivity index (χ1) is 18.7. The molecule has 2 heterocycles. The van der Waals surface area contributed by atoms with Crippen LogP contribution in [0.3, 0.4) is 0 Å². The minimum absolute atomic E-state index is 0.0566. The van der Waals surface area contributed by atoms with E-state index < -0.39 is 0 Å². The first-order valence-corrected chi connectivity index (χ1v) is 12.5. The third-order valence-electron chi connectivity index (χ3n) is 6.52. The number of nitrogens with zero attached hydrogens (tertiary/aromatic N) is 4. The van der Waals surface area contributed by atoms with Gasteiger partial charge in [-0.15, -0.1) is 11.0 Å². The normalized spacial score (nSPS) is 12.1. The average Bonchev–Trinajstić information content (AvgIpc) is 3.26. The van der Waals surface area contributed by atoms with Crippen LogP contribution in [0.2, 0.25) is 0 Å². The number of fused-ring (bicyclic) bond motifs is 3. The highest BCUT2D eigenvalue weighted by Crippen LogP contribution is 2.39. The fourth-order valence-electron chi connectivity index (χ4n) is 4.88. The van der Waals surface area contributed by atoms with Gasteiger partial charge < -0.3 is 5.32 Å². The van der Waals surface area contributed by atoms with Gasteiger partial charge in [-0.2, -0.15) is 0 Å². The summed E-state index contributed by atoms with van der Waals surface area (Å²) in [4.78, 5) is 15.2. The topological polar surface area (TPSA) is 63.1 Å². The highest BCUT2D eigenvalue weighted by Gasteiger charge is 2.30. The molecule has 0 atom stereocenters. The van der Waals surface area contributed by atoms with Crippen molar-refractivity contribution < 1.29 is 4.79 Å². The van der Waals surface area contributed by atoms with E-state index in [0.717, 1.165) is 50.8 Å². The first-order valence-electron chi connectivity index (χ1n) is 12.5. The van der Waals surface area contributed by atoms with Crippen LogP contribution < -0.4 is 10.2 Å². The molecule has 0 spiro atoms. The lowest BCUT2D eigenvalue weighted by atomic mass is 10.0. The number of carbonyl (C=O) groups is 1. The first kappa shape index (κ1) is 23.3. The van der Waals surface area contributed by atoms with E-state index in [9.17, 15) is 4.79 Å². The van der Waals surface area contributed by atoms with Crippen LogP contribution >= 0.6 is 0 Å². The van der Waals surface area contributed by atoms with Gasteiger partial charge in [0.05, 0.1) is 22.8 Å². The van der Waals surface area contributed by atoms with Gasteiger partial charge in [0.1, 0.15) is 6.54 Å². The molecule has 0 aliphatic carbocycles. The molecule has 6 rings (SSSR count). The number of amides is 1. The van der Waals surface area contributed by atoms with Gasteiger partial charge in [-0.25, -0.2) is 4.68 Å². The summed E-state index contributed by atoms with van der Waals surface area (Å²) in [7, 11) is 0. The SMILES string of the molecule is CC#Cc1ccccc1Nc1cccc(Cc2nnn3c2-c2ccccc2N(c2ccccc2)C(=O)C3)c1. The maximum atomic E-state index is 13.4. The minimum atomic E-state index is -0.0566. The lowest BCUT2D eigenvalue weighted by molar-refractivity contribution is -0.118. The molecule has 4 aromatic carbocycles. The molecule has 0 unspecified atom stereocenters. The molecule has 0 bridgehead atoms. The second-order valence-corrected chi connectivity index (χ2v) is 9.05. The standard InChI is InChI=1S/C32H25N5O/c1-2-11-24-13-6-8-18-28(24)33-25-14-10-12-23(20-25)21-29-32-27-17-7-9-19-30(27)37(26-15-4-3-5-16-26)31(38)22-36(32)35-34-29/h3-10,12-20,33H,21-22H2,1H3. The van der Waals surface area contributed by atoms with E-state index >= 15 is 0 Å². The molecule has 1 N–H and O–H groups in total. The zero-order valence-corrected chi connectivity index (χ0v) is 20.9. The third kappa shape index (κ3) is 4.42. The lowest BCUT2D eigenvalue weighted by Crippen LogP contribution is -2.28. The predicted molar refractivity (Wildman–Crippen MR) is 151 cm³/mol. The number of hydrogen-bond acceptors (Lipinski definition) is 4. The molecule has 1 amide bonds. The molecule has 1 aliphatic heterocycles. The number of carbonyl (C=O) groups excluding carboxylic acids is 1. The molecular weight excluding hydrogens is 470 g/mol. The van der Waals surface area contributed by atoms with Crippen molar-refractivity contribution in [1.29, 1.82) is 0 Å². The largest absolute Gasteiger partial charge is 0.354 e. The van der Waals surface area contributed by atoms with E-state index in [2.05, 4.69) is 39.6 Å². The molecule has 1 aliphatic rings. The Morgan fingerprint density at radius 2 is 1.68 bits per heavy atom. The second kappa shape index (κ2) is 10.1. The van der Waals surface area contributed by atoms with Gasteiger partial charge in [0.15, 0.2) is 0 Å². The van der Waals surface area contributed by atoms with Crippen molar-refractivity contribution in [2.75, 3.05) is 10.2 Å². The molecule has 0 saturated carbocycles. The van der Waals surface area contributed by atoms with Crippen LogP contribution in [0.15, 0.2) is 103 Å². The van der Waals surface area contributed by atoms with Crippen LogP contribution in [0.1, 0.15) is 23.7 Å². The Kier molecular flexibility index (Phi) is 6.17. The number of benzene rings is 4. The summed E-state index contributed by atoms with van der Waals surface area (Å²) >= 11 is 0. The molecular formula is C32H25N5O. The maximum absolute atomic E-state index is 13.4. The van der Waals surface area contributed by atoms with Gasteiger partial charge in [0.25, 0.3) is 5.91 Å². The molecule has 6 nitrogen and oxygen atoms in total. The van der Waals surface area contributed by atoms with E-state index in [4.69, 9.17) is 0 Å². The Hall–Kier alpha value is -5.15. The molecule has 0 fully saturated rings. The summed E-state index contributed by atoms with van der Waals surface area (Å²) < 4.78 is 1.72. The van der Waals surface area contributed by atoms with Gasteiger partial charge in [-0.3, -0.25) is 9.69 Å². The molecule has 6 heteroatoms. The Balaban J connectivity index is 1.35. The highest BCUT2D eigenvalue weighted by molar-refractivity contribution is 6.05. The van der Waals surface area contributed by atoms with Crippen molar-refractivity contribution >= 4 is 28.7 Å². The van der Waals surface area contributed by atoms with Gasteiger partial charge in [0, 0.05) is 28.9 Å². The van der Waals surface area contributed by atoms with Gasteiger partial charge in [-0.1, -0.05) is 71.8 Å². The van der Waals surface area contributed by atoms with Crippen molar-refractivity contribution in [3.05, 3.63) is 120 Å². The van der Waals surface area contributed by atoms with Crippen LogP contribution in [0.5, 0.6) is 0 Å². The summed E-state index contributed by atoms with van der Waals surface area (Å²) in [6.45, 7) is 1.95. The molecule has 184 valence electrons. The minimum Gasteiger partial charge on any atom is -0.354 e. The molecule has 5 aromatic rings. The van der Waals surface area contributed by atoms with Gasteiger partial charge in [0.2, 0.25) is 0 Å². The van der Waals surface area contributed by atoms with E-state index in [1.165, 1.54) is 0 Å². The highest BCUT2D eigenvalue weighted by atomic mass is 16.2. The number of rotatable bonds is 5. The zero-order chi connectivity index (χ0) is 25.9. The fraction of sp³-hybridized carbons (Fsp3) is 0.0938. The van der Waals surface area contributed by atoms with Gasteiger partial charge in [-0.05, 0) is 55.0 Å². The number of para-hydroxylation sites is 3. The summed E-state index contributed by atoms with van der Waals surface area (Å²) in [5.41, 5.74) is 8.26. The predicted octanol–water partition coefficient (Wildman–Crippen LogP) is 6.33. The van der Waals surface area contributed by atoms with Gasteiger partial charge >= 0.3 is 0 Å². The smallest absolute Gasteiger partial charge is 0.253 e. The Bertz CT molecular complexity index is 1690. The van der Waals surface area contributed by atoms with Crippen molar-refractivity contribution in [1.82, 2.24) is 15.0 Å². The lowest BCUT2D eigenvalue weighted by Gasteiger charge is -2.22. The summed E-state index contributed by atoms with van der Waals surface area (Å²) in [6.07, 6.45) is 0.578. The van der Waals surface area contributed by atoms with E-state index in [1.54, 1.807) is 9.58 Å². The van der Waals surface area contributed by atoms with Crippen molar-refractivity contribution in [3.63, 3.8) is 0 Å². The number of nitrogens with one attached hydrogen (secondary N) is 1. The van der Waals surface area contributed by atoms with Crippen LogP contribution in [-0.4, -0.2) is 20.9 Å². The van der Waals surface area contributed by atoms with Crippen molar-refractivity contribution in [2.45, 2.75) is 19.9 Å². The van der Waals surface area contributed by atoms with Crippen LogP contribution in [0.4, 0.5) is 22.7 Å². The summed E-state index contributed by atoms with van der Waals surface area (Å²) in [5, 5.41) is 12.4. The summed E-state index contributed by atoms with van der Waals surface area (Å²) in [5.74, 6) is 6.07. The van der Waals surface area contributed by atoms with Crippen molar-refractivity contribution in [3.8, 4) is 23.1 Å². The quantitative estimate of drug-likeness (QED) is 0.290. The second-order valence-electron chi connectivity index (χ2n) is 9.05. The number of aromatic nitrogens is 3. The number of anilines is 4. The third-order valence-corrected chi connectivity index (χ3v) is 6.52. The molecule has 0 saturated heterocycles. The zero-order valence-electron chi connectivity index (χ0n) is 20.9. The average molecular weight is 496 g/mol. The van der Waals surface area contributed by atoms with Crippen molar-refractivity contribution in [2.24, 2.45) is 0 Å². The van der Waals surface area contributed by atoms with Crippen LogP contribution in [0.25, 0.3) is 11.3 Å². The Morgan fingerprint density at radius 3 is 2.55 bits per heavy atom. The fourth-order valence-corrected chi connectivity index (χ4v) is 4.88. The molecule has 0 radical (unpaired) electrons. The van der Waals surface area contributed by atoms with Crippen LogP contribution in [-0.2, 0) is 17.8 Å².